The minimum Gasteiger partial charge on any atom is -0.484 e. The van der Waals surface area contributed by atoms with Crippen LogP contribution in [0.2, 0.25) is 5.02 Å². The lowest BCUT2D eigenvalue weighted by Crippen LogP contribution is -2.20. The van der Waals surface area contributed by atoms with Gasteiger partial charge in [0.25, 0.3) is 0 Å². The van der Waals surface area contributed by atoms with E-state index in [2.05, 4.69) is 10.1 Å². The molecule has 0 spiro atoms. The van der Waals surface area contributed by atoms with Crippen molar-refractivity contribution >= 4 is 11.6 Å². The molecule has 0 aromatic heterocycles. The standard InChI is InChI=1S/C12H15ClF3NO/c1-3-17-8(2)10-5-4-9(6-11(10)13)18-7-12(14,15)16/h4-6,8,17H,3,7H2,1-2H3. The molecule has 0 amide bonds. The molecule has 0 aliphatic carbocycles. The van der Waals surface area contributed by atoms with Gasteiger partial charge >= 0.3 is 6.18 Å². The number of benzene rings is 1. The molecule has 0 aliphatic heterocycles. The Balaban J connectivity index is 2.73. The minimum atomic E-state index is -4.35. The average molecular weight is 282 g/mol. The van der Waals surface area contributed by atoms with Crippen molar-refractivity contribution in [2.75, 3.05) is 13.2 Å². The molecule has 0 saturated carbocycles. The molecule has 0 bridgehead atoms. The Hall–Kier alpha value is -0.940. The van der Waals surface area contributed by atoms with E-state index in [0.29, 0.717) is 5.02 Å². The summed E-state index contributed by atoms with van der Waals surface area (Å²) in [4.78, 5) is 0. The molecule has 6 heteroatoms. The fourth-order valence-electron chi connectivity index (χ4n) is 1.53. The summed E-state index contributed by atoms with van der Waals surface area (Å²) in [6.45, 7) is 3.36. The smallest absolute Gasteiger partial charge is 0.422 e. The van der Waals surface area contributed by atoms with Crippen molar-refractivity contribution in [1.82, 2.24) is 5.32 Å². The largest absolute Gasteiger partial charge is 0.484 e. The van der Waals surface area contributed by atoms with Crippen molar-refractivity contribution in [3.63, 3.8) is 0 Å². The summed E-state index contributed by atoms with van der Waals surface area (Å²) in [6, 6.07) is 4.60. The first-order valence-corrected chi connectivity index (χ1v) is 5.93. The predicted molar refractivity (Wildman–Crippen MR) is 65.1 cm³/mol. The zero-order valence-electron chi connectivity index (χ0n) is 10.1. The van der Waals surface area contributed by atoms with Crippen molar-refractivity contribution in [2.45, 2.75) is 26.1 Å². The van der Waals surface area contributed by atoms with Crippen molar-refractivity contribution in [2.24, 2.45) is 0 Å². The van der Waals surface area contributed by atoms with Crippen LogP contribution in [0.3, 0.4) is 0 Å². The first-order valence-electron chi connectivity index (χ1n) is 5.56. The lowest BCUT2D eigenvalue weighted by molar-refractivity contribution is -0.153. The van der Waals surface area contributed by atoms with Crippen LogP contribution >= 0.6 is 11.6 Å². The third-order valence-electron chi connectivity index (χ3n) is 2.35. The quantitative estimate of drug-likeness (QED) is 0.882. The molecular formula is C12H15ClF3NO. The Labute approximate surface area is 109 Å². The van der Waals surface area contributed by atoms with Gasteiger partial charge in [-0.15, -0.1) is 0 Å². The van der Waals surface area contributed by atoms with E-state index >= 15 is 0 Å². The normalized spacial score (nSPS) is 13.4. The predicted octanol–water partition coefficient (Wildman–Crippen LogP) is 3.95. The Morgan fingerprint density at radius 2 is 2.06 bits per heavy atom. The second-order valence-corrected chi connectivity index (χ2v) is 4.27. The summed E-state index contributed by atoms with van der Waals surface area (Å²) in [6.07, 6.45) is -4.35. The number of hydrogen-bond acceptors (Lipinski definition) is 2. The monoisotopic (exact) mass is 281 g/mol. The van der Waals surface area contributed by atoms with Crippen molar-refractivity contribution in [3.8, 4) is 5.75 Å². The second kappa shape index (κ2) is 6.29. The zero-order valence-corrected chi connectivity index (χ0v) is 10.9. The van der Waals surface area contributed by atoms with Crippen LogP contribution in [0, 0.1) is 0 Å². The van der Waals surface area contributed by atoms with Crippen LogP contribution in [0.25, 0.3) is 0 Å². The number of nitrogens with one attached hydrogen (secondary N) is 1. The molecule has 0 aliphatic rings. The SMILES string of the molecule is CCNC(C)c1ccc(OCC(F)(F)F)cc1Cl. The van der Waals surface area contributed by atoms with E-state index in [1.54, 1.807) is 6.07 Å². The Morgan fingerprint density at radius 1 is 1.39 bits per heavy atom. The van der Waals surface area contributed by atoms with Gasteiger partial charge in [-0.2, -0.15) is 13.2 Å². The number of rotatable bonds is 5. The van der Waals surface area contributed by atoms with Crippen LogP contribution in [0.4, 0.5) is 13.2 Å². The average Bonchev–Trinajstić information content (AvgIpc) is 2.25. The lowest BCUT2D eigenvalue weighted by Gasteiger charge is -2.16. The highest BCUT2D eigenvalue weighted by Gasteiger charge is 2.28. The molecule has 1 rings (SSSR count). The molecule has 18 heavy (non-hydrogen) atoms. The van der Waals surface area contributed by atoms with Gasteiger partial charge in [0, 0.05) is 11.1 Å². The molecule has 0 fully saturated rings. The Morgan fingerprint density at radius 3 is 2.56 bits per heavy atom. The van der Waals surface area contributed by atoms with Gasteiger partial charge in [-0.05, 0) is 31.2 Å². The van der Waals surface area contributed by atoms with E-state index in [4.69, 9.17) is 11.6 Å². The maximum atomic E-state index is 12.0. The van der Waals surface area contributed by atoms with Crippen molar-refractivity contribution in [1.29, 1.82) is 0 Å². The maximum absolute atomic E-state index is 12.0. The van der Waals surface area contributed by atoms with Gasteiger partial charge in [0.2, 0.25) is 0 Å². The van der Waals surface area contributed by atoms with Gasteiger partial charge in [-0.1, -0.05) is 24.6 Å². The van der Waals surface area contributed by atoms with Gasteiger partial charge in [0.1, 0.15) is 5.75 Å². The van der Waals surface area contributed by atoms with Crippen molar-refractivity contribution < 1.29 is 17.9 Å². The van der Waals surface area contributed by atoms with Gasteiger partial charge < -0.3 is 10.1 Å². The first kappa shape index (κ1) is 15.1. The summed E-state index contributed by atoms with van der Waals surface area (Å²) in [5.41, 5.74) is 0.831. The van der Waals surface area contributed by atoms with Gasteiger partial charge in [0.15, 0.2) is 6.61 Å². The van der Waals surface area contributed by atoms with Crippen LogP contribution < -0.4 is 10.1 Å². The molecular weight excluding hydrogens is 267 g/mol. The Kier molecular flexibility index (Phi) is 5.28. The maximum Gasteiger partial charge on any atom is 0.422 e. The van der Waals surface area contributed by atoms with Gasteiger partial charge in [-0.25, -0.2) is 0 Å². The van der Waals surface area contributed by atoms with Crippen LogP contribution in [0.15, 0.2) is 18.2 Å². The van der Waals surface area contributed by atoms with E-state index < -0.39 is 12.8 Å². The molecule has 1 aromatic rings. The lowest BCUT2D eigenvalue weighted by atomic mass is 10.1. The van der Waals surface area contributed by atoms with E-state index in [9.17, 15) is 13.2 Å². The first-order chi connectivity index (χ1) is 8.33. The molecule has 1 aromatic carbocycles. The molecule has 102 valence electrons. The van der Waals surface area contributed by atoms with Gasteiger partial charge in [0.05, 0.1) is 0 Å². The molecule has 0 saturated heterocycles. The molecule has 1 unspecified atom stereocenters. The summed E-state index contributed by atoms with van der Waals surface area (Å²) in [5.74, 6) is 0.116. The summed E-state index contributed by atoms with van der Waals surface area (Å²) < 4.78 is 40.6. The third-order valence-corrected chi connectivity index (χ3v) is 2.68. The molecule has 1 atom stereocenters. The fraction of sp³-hybridized carbons (Fsp3) is 0.500. The van der Waals surface area contributed by atoms with Crippen LogP contribution in [-0.2, 0) is 0 Å². The Bertz CT molecular complexity index is 395. The van der Waals surface area contributed by atoms with E-state index in [1.807, 2.05) is 13.8 Å². The number of ether oxygens (including phenoxy) is 1. The van der Waals surface area contributed by atoms with E-state index in [-0.39, 0.29) is 11.8 Å². The molecule has 2 nitrogen and oxygen atoms in total. The van der Waals surface area contributed by atoms with E-state index in [0.717, 1.165) is 12.1 Å². The zero-order chi connectivity index (χ0) is 13.8. The van der Waals surface area contributed by atoms with Gasteiger partial charge in [-0.3, -0.25) is 0 Å². The molecule has 0 heterocycles. The number of halogens is 4. The summed E-state index contributed by atoms with van der Waals surface area (Å²) in [5, 5.41) is 3.56. The minimum absolute atomic E-state index is 0.0409. The highest BCUT2D eigenvalue weighted by Crippen LogP contribution is 2.28. The summed E-state index contributed by atoms with van der Waals surface area (Å²) >= 11 is 6.01. The van der Waals surface area contributed by atoms with Crippen LogP contribution in [-0.4, -0.2) is 19.3 Å². The number of alkyl halides is 3. The summed E-state index contributed by atoms with van der Waals surface area (Å²) in [7, 11) is 0. The highest BCUT2D eigenvalue weighted by atomic mass is 35.5. The molecule has 0 radical (unpaired) electrons. The fourth-order valence-corrected chi connectivity index (χ4v) is 1.86. The van der Waals surface area contributed by atoms with Crippen LogP contribution in [0.5, 0.6) is 5.75 Å². The van der Waals surface area contributed by atoms with Crippen LogP contribution in [0.1, 0.15) is 25.5 Å². The van der Waals surface area contributed by atoms with Crippen molar-refractivity contribution in [3.05, 3.63) is 28.8 Å². The second-order valence-electron chi connectivity index (χ2n) is 3.87. The molecule has 1 N–H and O–H groups in total. The number of hydrogen-bond donors (Lipinski definition) is 1. The highest BCUT2D eigenvalue weighted by molar-refractivity contribution is 6.31. The topological polar surface area (TPSA) is 21.3 Å². The van der Waals surface area contributed by atoms with E-state index in [1.165, 1.54) is 12.1 Å². The third kappa shape index (κ3) is 4.74.